The van der Waals surface area contributed by atoms with Gasteiger partial charge in [0, 0.05) is 6.04 Å². The van der Waals surface area contributed by atoms with E-state index in [1.54, 1.807) is 0 Å². The summed E-state index contributed by atoms with van der Waals surface area (Å²) >= 11 is 0. The minimum Gasteiger partial charge on any atom is -0.481 e. The van der Waals surface area contributed by atoms with Crippen molar-refractivity contribution in [2.24, 2.45) is 0 Å². The van der Waals surface area contributed by atoms with Gasteiger partial charge in [0.25, 0.3) is 0 Å². The van der Waals surface area contributed by atoms with Gasteiger partial charge in [-0.25, -0.2) is 0 Å². The summed E-state index contributed by atoms with van der Waals surface area (Å²) in [4.78, 5) is 10.8. The molecule has 0 saturated carbocycles. The number of benzene rings is 1. The highest BCUT2D eigenvalue weighted by atomic mass is 16.4. The molecule has 0 spiro atoms. The summed E-state index contributed by atoms with van der Waals surface area (Å²) in [5, 5.41) is 12.2. The van der Waals surface area contributed by atoms with Gasteiger partial charge in [0.05, 0.1) is 6.42 Å². The Hall–Kier alpha value is -1.35. The maximum atomic E-state index is 10.8. The number of nitrogens with one attached hydrogen (secondary N) is 1. The second-order valence-electron chi connectivity index (χ2n) is 4.29. The van der Waals surface area contributed by atoms with Gasteiger partial charge in [-0.1, -0.05) is 43.7 Å². The Morgan fingerprint density at radius 2 is 2.06 bits per heavy atom. The summed E-state index contributed by atoms with van der Waals surface area (Å²) in [5.41, 5.74) is 1.18. The Bertz CT molecular complexity index is 324. The predicted molar refractivity (Wildman–Crippen MR) is 69.1 cm³/mol. The van der Waals surface area contributed by atoms with Crippen LogP contribution in [0.4, 0.5) is 0 Å². The van der Waals surface area contributed by atoms with E-state index in [2.05, 4.69) is 12.2 Å². The molecular weight excluding hydrogens is 214 g/mol. The monoisotopic (exact) mass is 235 g/mol. The Morgan fingerprint density at radius 1 is 1.35 bits per heavy atom. The van der Waals surface area contributed by atoms with E-state index in [0.29, 0.717) is 0 Å². The molecule has 0 amide bonds. The number of rotatable bonds is 8. The molecule has 0 fully saturated rings. The van der Waals surface area contributed by atoms with Crippen molar-refractivity contribution in [3.8, 4) is 0 Å². The molecule has 1 atom stereocenters. The van der Waals surface area contributed by atoms with Crippen LogP contribution in [-0.4, -0.2) is 23.7 Å². The van der Waals surface area contributed by atoms with Gasteiger partial charge in [-0.15, -0.1) is 0 Å². The van der Waals surface area contributed by atoms with Gasteiger partial charge in [-0.3, -0.25) is 4.79 Å². The van der Waals surface area contributed by atoms with E-state index < -0.39 is 5.97 Å². The van der Waals surface area contributed by atoms with Crippen LogP contribution in [0.5, 0.6) is 0 Å². The summed E-state index contributed by atoms with van der Waals surface area (Å²) in [5.74, 6) is -0.741. The maximum absolute atomic E-state index is 10.8. The molecule has 3 heteroatoms. The lowest BCUT2D eigenvalue weighted by Crippen LogP contribution is -2.34. The number of carboxylic acid groups (broad SMARTS) is 1. The highest BCUT2D eigenvalue weighted by molar-refractivity contribution is 5.67. The largest absolute Gasteiger partial charge is 0.481 e. The molecule has 3 nitrogen and oxygen atoms in total. The van der Waals surface area contributed by atoms with Crippen LogP contribution < -0.4 is 5.32 Å². The van der Waals surface area contributed by atoms with E-state index in [-0.39, 0.29) is 12.5 Å². The summed E-state index contributed by atoms with van der Waals surface area (Å²) in [6, 6.07) is 10.0. The number of hydrogen-bond acceptors (Lipinski definition) is 2. The zero-order valence-electron chi connectivity index (χ0n) is 10.4. The van der Waals surface area contributed by atoms with Crippen LogP contribution in [0.25, 0.3) is 0 Å². The van der Waals surface area contributed by atoms with E-state index in [0.717, 1.165) is 25.8 Å². The number of aliphatic carboxylic acids is 1. The van der Waals surface area contributed by atoms with Gasteiger partial charge in [0.15, 0.2) is 0 Å². The third-order valence-electron chi connectivity index (χ3n) is 2.71. The number of hydrogen-bond donors (Lipinski definition) is 2. The first-order chi connectivity index (χ1) is 8.22. The third kappa shape index (κ3) is 6.07. The average Bonchev–Trinajstić information content (AvgIpc) is 2.30. The van der Waals surface area contributed by atoms with Gasteiger partial charge in [0.2, 0.25) is 0 Å². The average molecular weight is 235 g/mol. The third-order valence-corrected chi connectivity index (χ3v) is 2.71. The number of carbonyl (C=O) groups is 1. The summed E-state index contributed by atoms with van der Waals surface area (Å²) in [6.07, 6.45) is 3.17. The van der Waals surface area contributed by atoms with Crippen molar-refractivity contribution in [2.45, 2.75) is 38.6 Å². The number of carboxylic acids is 1. The molecule has 1 aromatic rings. The van der Waals surface area contributed by atoms with Gasteiger partial charge in [-0.2, -0.15) is 0 Å². The molecule has 2 N–H and O–H groups in total. The Morgan fingerprint density at radius 3 is 2.65 bits per heavy atom. The fraction of sp³-hybridized carbons (Fsp3) is 0.500. The molecule has 0 saturated heterocycles. The molecule has 0 aromatic heterocycles. The topological polar surface area (TPSA) is 49.3 Å². The lowest BCUT2D eigenvalue weighted by atomic mass is 10.0. The van der Waals surface area contributed by atoms with E-state index in [1.807, 2.05) is 30.3 Å². The Labute approximate surface area is 103 Å². The van der Waals surface area contributed by atoms with Crippen molar-refractivity contribution in [1.29, 1.82) is 0 Å². The molecule has 0 bridgehead atoms. The summed E-state index contributed by atoms with van der Waals surface area (Å²) in [6.45, 7) is 3.02. The first-order valence-corrected chi connectivity index (χ1v) is 6.21. The normalized spacial score (nSPS) is 12.3. The van der Waals surface area contributed by atoms with Crippen LogP contribution in [0.3, 0.4) is 0 Å². The molecule has 17 heavy (non-hydrogen) atoms. The van der Waals surface area contributed by atoms with Gasteiger partial charge < -0.3 is 10.4 Å². The second kappa shape index (κ2) is 7.85. The second-order valence-corrected chi connectivity index (χ2v) is 4.29. The lowest BCUT2D eigenvalue weighted by Gasteiger charge is -2.16. The van der Waals surface area contributed by atoms with Crippen molar-refractivity contribution < 1.29 is 9.90 Å². The first-order valence-electron chi connectivity index (χ1n) is 6.21. The zero-order valence-corrected chi connectivity index (χ0v) is 10.4. The first kappa shape index (κ1) is 13.7. The molecule has 0 aliphatic rings. The molecule has 1 unspecified atom stereocenters. The SMILES string of the molecule is CCCCNC(CC(=O)O)Cc1ccccc1. The van der Waals surface area contributed by atoms with E-state index in [4.69, 9.17) is 5.11 Å². The molecule has 0 radical (unpaired) electrons. The molecule has 1 rings (SSSR count). The minimum absolute atomic E-state index is 0.0291. The van der Waals surface area contributed by atoms with Crippen molar-refractivity contribution in [3.05, 3.63) is 35.9 Å². The fourth-order valence-corrected chi connectivity index (χ4v) is 1.81. The lowest BCUT2D eigenvalue weighted by molar-refractivity contribution is -0.137. The minimum atomic E-state index is -0.741. The molecule has 1 aromatic carbocycles. The Balaban J connectivity index is 2.48. The number of unbranched alkanes of at least 4 members (excludes halogenated alkanes) is 1. The van der Waals surface area contributed by atoms with Crippen LogP contribution in [0, 0.1) is 0 Å². The summed E-state index contributed by atoms with van der Waals surface area (Å²) in [7, 11) is 0. The fourth-order valence-electron chi connectivity index (χ4n) is 1.81. The highest BCUT2D eigenvalue weighted by Gasteiger charge is 2.12. The van der Waals surface area contributed by atoms with Crippen molar-refractivity contribution in [3.63, 3.8) is 0 Å². The predicted octanol–water partition coefficient (Wildman–Crippen LogP) is 2.46. The van der Waals surface area contributed by atoms with Crippen molar-refractivity contribution >= 4 is 5.97 Å². The van der Waals surface area contributed by atoms with E-state index in [9.17, 15) is 4.79 Å². The smallest absolute Gasteiger partial charge is 0.304 e. The van der Waals surface area contributed by atoms with E-state index in [1.165, 1.54) is 5.56 Å². The quantitative estimate of drug-likeness (QED) is 0.680. The van der Waals surface area contributed by atoms with Crippen molar-refractivity contribution in [1.82, 2.24) is 5.32 Å². The van der Waals surface area contributed by atoms with Crippen molar-refractivity contribution in [2.75, 3.05) is 6.54 Å². The van der Waals surface area contributed by atoms with Crippen LogP contribution >= 0.6 is 0 Å². The van der Waals surface area contributed by atoms with Gasteiger partial charge in [0.1, 0.15) is 0 Å². The maximum Gasteiger partial charge on any atom is 0.304 e. The van der Waals surface area contributed by atoms with E-state index >= 15 is 0 Å². The van der Waals surface area contributed by atoms with Crippen LogP contribution in [-0.2, 0) is 11.2 Å². The highest BCUT2D eigenvalue weighted by Crippen LogP contribution is 2.06. The van der Waals surface area contributed by atoms with Gasteiger partial charge in [-0.05, 0) is 24.9 Å². The van der Waals surface area contributed by atoms with Gasteiger partial charge >= 0.3 is 5.97 Å². The Kier molecular flexibility index (Phi) is 6.33. The molecular formula is C14H21NO2. The molecule has 0 aliphatic heterocycles. The summed E-state index contributed by atoms with van der Waals surface area (Å²) < 4.78 is 0. The van der Waals surface area contributed by atoms with Crippen LogP contribution in [0.15, 0.2) is 30.3 Å². The molecule has 94 valence electrons. The van der Waals surface area contributed by atoms with Crippen LogP contribution in [0.2, 0.25) is 0 Å². The molecule has 0 aliphatic carbocycles. The molecule has 0 heterocycles. The van der Waals surface area contributed by atoms with Crippen LogP contribution in [0.1, 0.15) is 31.7 Å². The standard InChI is InChI=1S/C14H21NO2/c1-2-3-9-15-13(11-14(16)17)10-12-7-5-4-6-8-12/h4-8,13,15H,2-3,9-11H2,1H3,(H,16,17). The zero-order chi connectivity index (χ0) is 12.5.